The number of ether oxygens (including phenoxy) is 6. The van der Waals surface area contributed by atoms with Crippen molar-refractivity contribution >= 4 is 0 Å². The molecule has 0 aliphatic carbocycles. The Morgan fingerprint density at radius 3 is 1.12 bits per heavy atom. The molecule has 0 saturated carbocycles. The summed E-state index contributed by atoms with van der Waals surface area (Å²) in [6, 6.07) is 18.5. The number of hydrogen-bond acceptors (Lipinski definition) is 6. The van der Waals surface area contributed by atoms with E-state index in [1.165, 1.54) is 16.7 Å². The van der Waals surface area contributed by atoms with Gasteiger partial charge in [0.05, 0.1) is 13.2 Å². The van der Waals surface area contributed by atoms with Crippen molar-refractivity contribution in [2.24, 2.45) is 0 Å². The second-order valence-electron chi connectivity index (χ2n) is 13.9. The van der Waals surface area contributed by atoms with Crippen LogP contribution in [0.3, 0.4) is 0 Å². The van der Waals surface area contributed by atoms with Crippen molar-refractivity contribution in [3.63, 3.8) is 0 Å². The highest BCUT2D eigenvalue weighted by atomic mass is 16.7. The van der Waals surface area contributed by atoms with E-state index in [1.54, 1.807) is 0 Å². The van der Waals surface area contributed by atoms with E-state index in [9.17, 15) is 0 Å². The number of rotatable bonds is 0. The molecule has 6 rings (SSSR count). The molecule has 3 aromatic carbocycles. The summed E-state index contributed by atoms with van der Waals surface area (Å²) in [7, 11) is 0. The first-order valence-electron chi connectivity index (χ1n) is 14.9. The lowest BCUT2D eigenvalue weighted by atomic mass is 9.87. The van der Waals surface area contributed by atoms with Crippen molar-refractivity contribution < 1.29 is 28.4 Å². The average molecular weight is 577 g/mol. The molecule has 0 N–H and O–H groups in total. The Labute approximate surface area is 252 Å². The Morgan fingerprint density at radius 2 is 0.690 bits per heavy atom. The molecule has 228 valence electrons. The molecule has 6 nitrogen and oxygen atoms in total. The zero-order chi connectivity index (χ0) is 30.5. The number of fused-ring (bicyclic) bond motifs is 3. The molecular formula is C36H48O6. The van der Waals surface area contributed by atoms with Crippen LogP contribution in [0.15, 0.2) is 54.6 Å². The van der Waals surface area contributed by atoms with Gasteiger partial charge < -0.3 is 28.4 Å². The van der Waals surface area contributed by atoms with Crippen LogP contribution in [0.5, 0.6) is 34.5 Å². The molecule has 3 aromatic rings. The van der Waals surface area contributed by atoms with Crippen LogP contribution in [-0.4, -0.2) is 33.2 Å². The molecule has 0 unspecified atom stereocenters. The van der Waals surface area contributed by atoms with Gasteiger partial charge in [-0.3, -0.25) is 0 Å². The highest BCUT2D eigenvalue weighted by Crippen LogP contribution is 2.37. The Kier molecular flexibility index (Phi) is 9.54. The van der Waals surface area contributed by atoms with E-state index in [2.05, 4.69) is 98.7 Å². The molecule has 3 aliphatic rings. The molecule has 0 spiro atoms. The highest BCUT2D eigenvalue weighted by Gasteiger charge is 2.20. The largest absolute Gasteiger partial charge is 0.490 e. The normalized spacial score (nSPS) is 15.4. The van der Waals surface area contributed by atoms with Crippen molar-refractivity contribution in [1.29, 1.82) is 0 Å². The highest BCUT2D eigenvalue weighted by molar-refractivity contribution is 5.47. The Morgan fingerprint density at radius 1 is 0.381 bits per heavy atom. The van der Waals surface area contributed by atoms with Crippen molar-refractivity contribution in [2.45, 2.75) is 85.0 Å². The van der Waals surface area contributed by atoms with Crippen LogP contribution in [0.2, 0.25) is 0 Å². The van der Waals surface area contributed by atoms with Gasteiger partial charge in [0, 0.05) is 6.42 Å². The summed E-state index contributed by atoms with van der Waals surface area (Å²) in [4.78, 5) is 0. The van der Waals surface area contributed by atoms with E-state index in [0.717, 1.165) is 54.1 Å². The fraction of sp³-hybridized carbons (Fsp3) is 0.500. The van der Waals surface area contributed by atoms with Crippen LogP contribution in [0.1, 0.15) is 85.4 Å². The Hall–Kier alpha value is -3.54. The fourth-order valence-electron chi connectivity index (χ4n) is 4.50. The van der Waals surface area contributed by atoms with Gasteiger partial charge in [-0.15, -0.1) is 0 Å². The summed E-state index contributed by atoms with van der Waals surface area (Å²) >= 11 is 0. The Bertz CT molecular complexity index is 1340. The Balaban J connectivity index is 0.000000145. The second-order valence-corrected chi connectivity index (χ2v) is 13.9. The molecule has 6 heteroatoms. The maximum Gasteiger partial charge on any atom is 0.231 e. The van der Waals surface area contributed by atoms with Gasteiger partial charge in [0.25, 0.3) is 0 Å². The third-order valence-corrected chi connectivity index (χ3v) is 7.26. The smallest absolute Gasteiger partial charge is 0.231 e. The lowest BCUT2D eigenvalue weighted by molar-refractivity contribution is 0.171. The predicted octanol–water partition coefficient (Wildman–Crippen LogP) is 8.61. The van der Waals surface area contributed by atoms with Crippen LogP contribution >= 0.6 is 0 Å². The minimum absolute atomic E-state index is 0.157. The molecule has 0 fully saturated rings. The first kappa shape index (κ1) is 31.4. The molecular weight excluding hydrogens is 528 g/mol. The van der Waals surface area contributed by atoms with Gasteiger partial charge in [-0.25, -0.2) is 0 Å². The van der Waals surface area contributed by atoms with Crippen molar-refractivity contribution in [2.75, 3.05) is 33.2 Å². The lowest BCUT2D eigenvalue weighted by Gasteiger charge is -2.23. The first-order chi connectivity index (χ1) is 19.7. The van der Waals surface area contributed by atoms with E-state index in [-0.39, 0.29) is 16.2 Å². The molecule has 0 atom stereocenters. The molecule has 0 amide bonds. The first-order valence-corrected chi connectivity index (χ1v) is 14.9. The summed E-state index contributed by atoms with van der Waals surface area (Å²) in [5.74, 6) is 5.23. The topological polar surface area (TPSA) is 55.4 Å². The molecule has 42 heavy (non-hydrogen) atoms. The third-order valence-electron chi connectivity index (χ3n) is 7.26. The van der Waals surface area contributed by atoms with Gasteiger partial charge in [0.2, 0.25) is 6.79 Å². The van der Waals surface area contributed by atoms with E-state index in [1.807, 2.05) is 18.2 Å². The number of hydrogen-bond donors (Lipinski definition) is 0. The summed E-state index contributed by atoms with van der Waals surface area (Å²) in [6.45, 7) is 22.9. The monoisotopic (exact) mass is 576 g/mol. The molecule has 0 saturated heterocycles. The third kappa shape index (κ3) is 8.27. The van der Waals surface area contributed by atoms with Crippen LogP contribution in [0.4, 0.5) is 0 Å². The van der Waals surface area contributed by atoms with E-state index in [0.29, 0.717) is 20.0 Å². The predicted molar refractivity (Wildman–Crippen MR) is 168 cm³/mol. The minimum atomic E-state index is 0.157. The average Bonchev–Trinajstić information content (AvgIpc) is 3.28. The minimum Gasteiger partial charge on any atom is -0.490 e. The molecule has 0 bridgehead atoms. The second kappa shape index (κ2) is 12.8. The molecule has 3 aliphatic heterocycles. The van der Waals surface area contributed by atoms with Gasteiger partial charge in [-0.1, -0.05) is 80.5 Å². The van der Waals surface area contributed by atoms with Crippen LogP contribution in [-0.2, 0) is 16.2 Å². The van der Waals surface area contributed by atoms with Gasteiger partial charge in [-0.05, 0) is 69.3 Å². The molecule has 3 heterocycles. The van der Waals surface area contributed by atoms with Crippen molar-refractivity contribution in [3.05, 3.63) is 71.3 Å². The van der Waals surface area contributed by atoms with Crippen molar-refractivity contribution in [3.8, 4) is 34.5 Å². The van der Waals surface area contributed by atoms with Crippen molar-refractivity contribution in [1.82, 2.24) is 0 Å². The SMILES string of the molecule is CC(C)(C)c1ccc2c(c1)OCCCO2.CC(C)(C)c1ccc2c(c1)OCCO2.CC(C)(C)c1ccc2c(c1)OCO2. The zero-order valence-electron chi connectivity index (χ0n) is 26.9. The van der Waals surface area contributed by atoms with E-state index >= 15 is 0 Å². The summed E-state index contributed by atoms with van der Waals surface area (Å²) in [5.41, 5.74) is 4.33. The summed E-state index contributed by atoms with van der Waals surface area (Å²) in [6.07, 6.45) is 0.958. The summed E-state index contributed by atoms with van der Waals surface area (Å²) < 4.78 is 32.8. The lowest BCUT2D eigenvalue weighted by Crippen LogP contribution is -2.17. The zero-order valence-corrected chi connectivity index (χ0v) is 26.9. The van der Waals surface area contributed by atoms with Crippen LogP contribution in [0, 0.1) is 0 Å². The molecule has 0 aromatic heterocycles. The molecule has 0 radical (unpaired) electrons. The number of benzene rings is 3. The quantitative estimate of drug-likeness (QED) is 0.267. The fourth-order valence-corrected chi connectivity index (χ4v) is 4.50. The van der Waals surface area contributed by atoms with E-state index < -0.39 is 0 Å². The van der Waals surface area contributed by atoms with Gasteiger partial charge in [0.15, 0.2) is 34.5 Å². The van der Waals surface area contributed by atoms with Crippen LogP contribution < -0.4 is 28.4 Å². The van der Waals surface area contributed by atoms with Crippen LogP contribution in [0.25, 0.3) is 0 Å². The van der Waals surface area contributed by atoms with E-state index in [4.69, 9.17) is 28.4 Å². The standard InChI is InChI=1S/C13H18O2.C12H16O2.C11H14O2/c1-13(2,3)10-5-6-11-12(9-10)15-8-4-7-14-11;1-12(2,3)9-4-5-10-11(8-9)14-7-6-13-10;1-11(2,3)8-4-5-9-10(6-8)13-7-12-9/h5-6,9H,4,7-8H2,1-3H3;4-5,8H,6-7H2,1-3H3;4-6H,7H2,1-3H3. The van der Waals surface area contributed by atoms with Gasteiger partial charge >= 0.3 is 0 Å². The maximum atomic E-state index is 5.66. The maximum absolute atomic E-state index is 5.66. The summed E-state index contributed by atoms with van der Waals surface area (Å²) in [5, 5.41) is 0. The van der Waals surface area contributed by atoms with Gasteiger partial charge in [0.1, 0.15) is 13.2 Å². The van der Waals surface area contributed by atoms with Gasteiger partial charge in [-0.2, -0.15) is 0 Å².